The predicted octanol–water partition coefficient (Wildman–Crippen LogP) is 2.89. The molecule has 1 saturated carbocycles. The third kappa shape index (κ3) is 2.16. The smallest absolute Gasteiger partial charge is 0.182 e. The summed E-state index contributed by atoms with van der Waals surface area (Å²) >= 11 is 0. The molecule has 2 heterocycles. The van der Waals surface area contributed by atoms with E-state index in [-0.39, 0.29) is 0 Å². The number of H-pyrrole nitrogens is 1. The summed E-state index contributed by atoms with van der Waals surface area (Å²) in [6.07, 6.45) is 8.21. The van der Waals surface area contributed by atoms with Crippen LogP contribution in [0.3, 0.4) is 0 Å². The number of pyridine rings is 1. The van der Waals surface area contributed by atoms with Crippen LogP contribution in [0.4, 0.5) is 0 Å². The fourth-order valence-electron chi connectivity index (χ4n) is 2.44. The van der Waals surface area contributed by atoms with E-state index >= 15 is 0 Å². The van der Waals surface area contributed by atoms with Gasteiger partial charge in [0.15, 0.2) is 5.65 Å². The Morgan fingerprint density at radius 2 is 2.24 bits per heavy atom. The number of nitrogens with one attached hydrogen (secondary N) is 1. The van der Waals surface area contributed by atoms with Gasteiger partial charge in [-0.3, -0.25) is 5.10 Å². The SMILES string of the molecule is C(#Cc1[nH]nc2ncccc12)CC1CCCC1. The van der Waals surface area contributed by atoms with Crippen LogP contribution < -0.4 is 0 Å². The Morgan fingerprint density at radius 3 is 3.12 bits per heavy atom. The fourth-order valence-corrected chi connectivity index (χ4v) is 2.44. The molecule has 17 heavy (non-hydrogen) atoms. The third-order valence-electron chi connectivity index (χ3n) is 3.41. The molecule has 3 rings (SSSR count). The van der Waals surface area contributed by atoms with E-state index in [2.05, 4.69) is 27.0 Å². The lowest BCUT2D eigenvalue weighted by atomic mass is 10.0. The van der Waals surface area contributed by atoms with Gasteiger partial charge in [-0.25, -0.2) is 4.98 Å². The zero-order valence-corrected chi connectivity index (χ0v) is 9.74. The van der Waals surface area contributed by atoms with Crippen LogP contribution in [-0.4, -0.2) is 15.2 Å². The second-order valence-corrected chi connectivity index (χ2v) is 4.63. The summed E-state index contributed by atoms with van der Waals surface area (Å²) in [5.74, 6) is 7.27. The number of aromatic amines is 1. The average Bonchev–Trinajstić information content (AvgIpc) is 2.99. The quantitative estimate of drug-likeness (QED) is 0.758. The molecule has 1 aliphatic rings. The summed E-state index contributed by atoms with van der Waals surface area (Å²) in [6.45, 7) is 0. The van der Waals surface area contributed by atoms with Crippen molar-refractivity contribution in [2.24, 2.45) is 5.92 Å². The zero-order valence-electron chi connectivity index (χ0n) is 9.74. The molecule has 0 atom stereocenters. The average molecular weight is 225 g/mol. The van der Waals surface area contributed by atoms with Gasteiger partial charge in [0, 0.05) is 12.6 Å². The molecular formula is C14H15N3. The molecule has 0 bridgehead atoms. The van der Waals surface area contributed by atoms with Crippen molar-refractivity contribution in [3.05, 3.63) is 24.0 Å². The van der Waals surface area contributed by atoms with Crippen LogP contribution in [0.5, 0.6) is 0 Å². The van der Waals surface area contributed by atoms with Gasteiger partial charge in [-0.1, -0.05) is 18.8 Å². The van der Waals surface area contributed by atoms with Crippen molar-refractivity contribution in [3.8, 4) is 11.8 Å². The largest absolute Gasteiger partial charge is 0.267 e. The number of fused-ring (bicyclic) bond motifs is 1. The second-order valence-electron chi connectivity index (χ2n) is 4.63. The van der Waals surface area contributed by atoms with Crippen LogP contribution >= 0.6 is 0 Å². The number of rotatable bonds is 1. The third-order valence-corrected chi connectivity index (χ3v) is 3.41. The van der Waals surface area contributed by atoms with Crippen LogP contribution in [0.15, 0.2) is 18.3 Å². The van der Waals surface area contributed by atoms with Gasteiger partial charge < -0.3 is 0 Å². The van der Waals surface area contributed by atoms with Crippen molar-refractivity contribution in [2.45, 2.75) is 32.1 Å². The highest BCUT2D eigenvalue weighted by atomic mass is 15.1. The molecular weight excluding hydrogens is 210 g/mol. The van der Waals surface area contributed by atoms with Gasteiger partial charge in [-0.2, -0.15) is 5.10 Å². The van der Waals surface area contributed by atoms with Gasteiger partial charge in [0.1, 0.15) is 5.69 Å². The first-order valence-corrected chi connectivity index (χ1v) is 6.21. The highest BCUT2D eigenvalue weighted by molar-refractivity contribution is 5.80. The molecule has 3 heteroatoms. The van der Waals surface area contributed by atoms with Crippen molar-refractivity contribution < 1.29 is 0 Å². The van der Waals surface area contributed by atoms with Crippen LogP contribution in [0.25, 0.3) is 11.0 Å². The molecule has 1 aliphatic carbocycles. The standard InChI is InChI=1S/C14H15N3/c1-2-6-11(5-1)7-3-9-13-12-8-4-10-15-14(12)17-16-13/h4,8,10-11H,1-2,5-7H2,(H,15,16,17). The Labute approximate surface area is 101 Å². The molecule has 0 spiro atoms. The van der Waals surface area contributed by atoms with Crippen molar-refractivity contribution in [2.75, 3.05) is 0 Å². The molecule has 1 fully saturated rings. The monoisotopic (exact) mass is 225 g/mol. The van der Waals surface area contributed by atoms with E-state index in [1.165, 1.54) is 25.7 Å². The minimum absolute atomic E-state index is 0.748. The number of hydrogen-bond donors (Lipinski definition) is 1. The molecule has 2 aromatic rings. The molecule has 86 valence electrons. The summed E-state index contributed by atoms with van der Waals surface area (Å²) in [5, 5.41) is 8.10. The highest BCUT2D eigenvalue weighted by Gasteiger charge is 2.13. The van der Waals surface area contributed by atoms with E-state index in [0.29, 0.717) is 0 Å². The van der Waals surface area contributed by atoms with E-state index in [0.717, 1.165) is 29.1 Å². The van der Waals surface area contributed by atoms with E-state index in [9.17, 15) is 0 Å². The van der Waals surface area contributed by atoms with Crippen molar-refractivity contribution in [3.63, 3.8) is 0 Å². The van der Waals surface area contributed by atoms with Gasteiger partial charge in [-0.15, -0.1) is 0 Å². The van der Waals surface area contributed by atoms with Gasteiger partial charge >= 0.3 is 0 Å². The lowest BCUT2D eigenvalue weighted by molar-refractivity contribution is 0.566. The number of nitrogens with zero attached hydrogens (tertiary/aromatic N) is 2. The summed E-state index contributed by atoms with van der Waals surface area (Å²) in [7, 11) is 0. The molecule has 2 aromatic heterocycles. The Balaban J connectivity index is 1.78. The second kappa shape index (κ2) is 4.58. The first-order chi connectivity index (χ1) is 8.43. The molecule has 3 nitrogen and oxygen atoms in total. The predicted molar refractivity (Wildman–Crippen MR) is 67.3 cm³/mol. The summed E-state index contributed by atoms with van der Waals surface area (Å²) < 4.78 is 0. The minimum Gasteiger partial charge on any atom is -0.267 e. The Morgan fingerprint density at radius 1 is 1.35 bits per heavy atom. The molecule has 0 radical (unpaired) electrons. The Bertz CT molecular complexity index is 568. The Kier molecular flexibility index (Phi) is 2.79. The maximum atomic E-state index is 4.18. The summed E-state index contributed by atoms with van der Waals surface area (Å²) in [6, 6.07) is 3.92. The Hall–Kier alpha value is -1.82. The molecule has 0 unspecified atom stereocenters. The molecule has 0 amide bonds. The van der Waals surface area contributed by atoms with E-state index in [1.54, 1.807) is 6.20 Å². The van der Waals surface area contributed by atoms with Crippen LogP contribution in [-0.2, 0) is 0 Å². The van der Waals surface area contributed by atoms with Gasteiger partial charge in [0.2, 0.25) is 0 Å². The first-order valence-electron chi connectivity index (χ1n) is 6.21. The lowest BCUT2D eigenvalue weighted by Crippen LogP contribution is -1.89. The minimum atomic E-state index is 0.748. The van der Waals surface area contributed by atoms with E-state index in [4.69, 9.17) is 0 Å². The van der Waals surface area contributed by atoms with Gasteiger partial charge in [-0.05, 0) is 36.8 Å². The lowest BCUT2D eigenvalue weighted by Gasteiger charge is -2.00. The van der Waals surface area contributed by atoms with E-state index in [1.807, 2.05) is 12.1 Å². The normalized spacial score (nSPS) is 16.0. The van der Waals surface area contributed by atoms with Gasteiger partial charge in [0.05, 0.1) is 5.39 Å². The van der Waals surface area contributed by atoms with Crippen LogP contribution in [0, 0.1) is 17.8 Å². The summed E-state index contributed by atoms with van der Waals surface area (Å²) in [5.41, 5.74) is 1.64. The van der Waals surface area contributed by atoms with E-state index < -0.39 is 0 Å². The topological polar surface area (TPSA) is 41.6 Å². The first kappa shape index (κ1) is 10.3. The maximum Gasteiger partial charge on any atom is 0.182 e. The van der Waals surface area contributed by atoms with Crippen LogP contribution in [0.2, 0.25) is 0 Å². The van der Waals surface area contributed by atoms with Gasteiger partial charge in [0.25, 0.3) is 0 Å². The molecule has 1 N–H and O–H groups in total. The van der Waals surface area contributed by atoms with Crippen molar-refractivity contribution in [1.82, 2.24) is 15.2 Å². The maximum absolute atomic E-state index is 4.18. The fraction of sp³-hybridized carbons (Fsp3) is 0.429. The zero-order chi connectivity index (χ0) is 11.5. The summed E-state index contributed by atoms with van der Waals surface area (Å²) in [4.78, 5) is 4.18. The van der Waals surface area contributed by atoms with Crippen molar-refractivity contribution in [1.29, 1.82) is 0 Å². The van der Waals surface area contributed by atoms with Crippen LogP contribution in [0.1, 0.15) is 37.8 Å². The molecule has 0 saturated heterocycles. The highest BCUT2D eigenvalue weighted by Crippen LogP contribution is 2.26. The molecule has 0 aliphatic heterocycles. The number of hydrogen-bond acceptors (Lipinski definition) is 2. The number of aromatic nitrogens is 3. The molecule has 0 aromatic carbocycles. The van der Waals surface area contributed by atoms with Crippen molar-refractivity contribution >= 4 is 11.0 Å².